The summed E-state index contributed by atoms with van der Waals surface area (Å²) in [5, 5.41) is 1.84. The largest absolute Gasteiger partial charge is 0.471 e. The average Bonchev–Trinajstić information content (AvgIpc) is 2.12. The third-order valence-electron chi connectivity index (χ3n) is 1.92. The molecule has 2 nitrogen and oxygen atoms in total. The van der Waals surface area contributed by atoms with Gasteiger partial charge in [-0.15, -0.1) is 0 Å². The lowest BCUT2D eigenvalue weighted by Gasteiger charge is -2.13. The van der Waals surface area contributed by atoms with Gasteiger partial charge in [-0.3, -0.25) is 0 Å². The molecule has 0 radical (unpaired) electrons. The van der Waals surface area contributed by atoms with Crippen molar-refractivity contribution in [2.45, 2.75) is 6.92 Å². The van der Waals surface area contributed by atoms with Gasteiger partial charge in [-0.05, 0) is 30.7 Å². The minimum absolute atomic E-state index is 0.387. The Kier molecular flexibility index (Phi) is 3.83. The number of hydrogen-bond acceptors (Lipinski definition) is 4. The van der Waals surface area contributed by atoms with Crippen LogP contribution in [-0.2, 0) is 0 Å². The van der Waals surface area contributed by atoms with Gasteiger partial charge in [0, 0.05) is 5.02 Å². The zero-order valence-electron chi connectivity index (χ0n) is 8.20. The van der Waals surface area contributed by atoms with Crippen molar-refractivity contribution < 1.29 is 4.74 Å². The standard InChI is InChI=1S/C10H10ClNOS2/c1-7-4-8(11)2-3-9(7)13-5-12-10-14-6-15-10/h2-4H,5-6H2,1H3. The maximum atomic E-state index is 5.84. The summed E-state index contributed by atoms with van der Waals surface area (Å²) >= 11 is 9.36. The normalized spacial score (nSPS) is 14.7. The third kappa shape index (κ3) is 3.06. The predicted molar refractivity (Wildman–Crippen MR) is 69.2 cm³/mol. The summed E-state index contributed by atoms with van der Waals surface area (Å²) in [7, 11) is 0. The highest BCUT2D eigenvalue weighted by atomic mass is 35.5. The molecule has 15 heavy (non-hydrogen) atoms. The molecule has 0 aliphatic carbocycles. The molecule has 1 saturated heterocycles. The molecule has 1 aliphatic heterocycles. The Hall–Kier alpha value is -0.320. The molecule has 0 saturated carbocycles. The van der Waals surface area contributed by atoms with E-state index >= 15 is 0 Å². The summed E-state index contributed by atoms with van der Waals surface area (Å²) in [5.41, 5.74) is 1.04. The minimum atomic E-state index is 0.387. The Morgan fingerprint density at radius 3 is 2.87 bits per heavy atom. The molecule has 80 valence electrons. The minimum Gasteiger partial charge on any atom is -0.471 e. The molecule has 0 spiro atoms. The van der Waals surface area contributed by atoms with Gasteiger partial charge in [0.15, 0.2) is 6.73 Å². The average molecular weight is 260 g/mol. The van der Waals surface area contributed by atoms with E-state index < -0.39 is 0 Å². The SMILES string of the molecule is Cc1cc(Cl)ccc1OCN=C1SCS1. The van der Waals surface area contributed by atoms with Crippen LogP contribution >= 0.6 is 35.1 Å². The zero-order valence-corrected chi connectivity index (χ0v) is 10.6. The van der Waals surface area contributed by atoms with Crippen LogP contribution in [0.1, 0.15) is 5.56 Å². The second kappa shape index (κ2) is 5.14. The van der Waals surface area contributed by atoms with Crippen LogP contribution in [0, 0.1) is 6.92 Å². The summed E-state index contributed by atoms with van der Waals surface area (Å²) in [4.78, 5) is 4.28. The van der Waals surface area contributed by atoms with Gasteiger partial charge in [-0.25, -0.2) is 4.99 Å². The van der Waals surface area contributed by atoms with Crippen molar-refractivity contribution in [3.8, 4) is 5.75 Å². The number of thioether (sulfide) groups is 2. The smallest absolute Gasteiger partial charge is 0.181 e. The van der Waals surface area contributed by atoms with Gasteiger partial charge in [0.05, 0.1) is 5.08 Å². The quantitative estimate of drug-likeness (QED) is 0.825. The van der Waals surface area contributed by atoms with Crippen molar-refractivity contribution in [2.24, 2.45) is 4.99 Å². The fraction of sp³-hybridized carbons (Fsp3) is 0.300. The molecular weight excluding hydrogens is 250 g/mol. The maximum Gasteiger partial charge on any atom is 0.181 e. The summed E-state index contributed by atoms with van der Waals surface area (Å²) in [6.45, 7) is 2.36. The first kappa shape index (κ1) is 11.2. The van der Waals surface area contributed by atoms with Gasteiger partial charge in [0.1, 0.15) is 10.1 Å². The summed E-state index contributed by atoms with van der Waals surface area (Å²) in [6, 6.07) is 5.58. The zero-order chi connectivity index (χ0) is 10.7. The van der Waals surface area contributed by atoms with Crippen LogP contribution in [0.15, 0.2) is 23.2 Å². The number of hydrogen-bond donors (Lipinski definition) is 0. The fourth-order valence-electron chi connectivity index (χ4n) is 1.13. The van der Waals surface area contributed by atoms with Gasteiger partial charge >= 0.3 is 0 Å². The highest BCUT2D eigenvalue weighted by Crippen LogP contribution is 2.32. The summed E-state index contributed by atoms with van der Waals surface area (Å²) < 4.78 is 6.64. The second-order valence-electron chi connectivity index (χ2n) is 3.01. The molecule has 2 rings (SSSR count). The molecule has 0 amide bonds. The van der Waals surface area contributed by atoms with Crippen molar-refractivity contribution in [2.75, 3.05) is 11.8 Å². The van der Waals surface area contributed by atoms with Crippen LogP contribution < -0.4 is 4.74 Å². The Bertz CT molecular complexity index is 389. The van der Waals surface area contributed by atoms with E-state index in [1.165, 1.54) is 0 Å². The van der Waals surface area contributed by atoms with E-state index in [0.29, 0.717) is 6.73 Å². The summed E-state index contributed by atoms with van der Waals surface area (Å²) in [6.07, 6.45) is 0. The molecule has 1 aliphatic rings. The van der Waals surface area contributed by atoms with E-state index in [1.807, 2.05) is 25.1 Å². The Labute approximate surface area is 102 Å². The topological polar surface area (TPSA) is 21.6 Å². The maximum absolute atomic E-state index is 5.84. The fourth-order valence-corrected chi connectivity index (χ4v) is 2.54. The van der Waals surface area contributed by atoms with Gasteiger partial charge in [0.2, 0.25) is 0 Å². The highest BCUT2D eigenvalue weighted by molar-refractivity contribution is 8.52. The van der Waals surface area contributed by atoms with Crippen molar-refractivity contribution in [3.63, 3.8) is 0 Å². The Morgan fingerprint density at radius 2 is 2.27 bits per heavy atom. The van der Waals surface area contributed by atoms with E-state index in [-0.39, 0.29) is 0 Å². The number of benzene rings is 1. The molecule has 0 atom stereocenters. The Balaban J connectivity index is 1.92. The van der Waals surface area contributed by atoms with Crippen LogP contribution in [0.5, 0.6) is 5.75 Å². The molecule has 0 aromatic heterocycles. The number of rotatable bonds is 3. The molecule has 0 bridgehead atoms. The monoisotopic (exact) mass is 259 g/mol. The van der Waals surface area contributed by atoms with Gasteiger partial charge in [-0.1, -0.05) is 35.1 Å². The van der Waals surface area contributed by atoms with E-state index in [2.05, 4.69) is 4.99 Å². The number of nitrogens with zero attached hydrogens (tertiary/aromatic N) is 1. The van der Waals surface area contributed by atoms with Crippen molar-refractivity contribution in [3.05, 3.63) is 28.8 Å². The van der Waals surface area contributed by atoms with E-state index in [1.54, 1.807) is 23.5 Å². The first-order valence-electron chi connectivity index (χ1n) is 4.45. The lowest BCUT2D eigenvalue weighted by Crippen LogP contribution is -2.03. The van der Waals surface area contributed by atoms with Crippen LogP contribution in [-0.4, -0.2) is 16.2 Å². The molecule has 5 heteroatoms. The van der Waals surface area contributed by atoms with Gasteiger partial charge in [-0.2, -0.15) is 0 Å². The highest BCUT2D eigenvalue weighted by Gasteiger charge is 2.11. The van der Waals surface area contributed by atoms with Gasteiger partial charge < -0.3 is 4.74 Å². The number of ether oxygens (including phenoxy) is 1. The number of halogens is 1. The second-order valence-corrected chi connectivity index (χ2v) is 6.00. The predicted octanol–water partition coefficient (Wildman–Crippen LogP) is 3.78. The van der Waals surface area contributed by atoms with Crippen LogP contribution in [0.3, 0.4) is 0 Å². The number of aryl methyl sites for hydroxylation is 1. The first-order valence-corrected chi connectivity index (χ1v) is 6.79. The van der Waals surface area contributed by atoms with Crippen molar-refractivity contribution in [1.82, 2.24) is 0 Å². The number of aliphatic imine (C=N–C) groups is 1. The molecular formula is C10H10ClNOS2. The van der Waals surface area contributed by atoms with Crippen LogP contribution in [0.4, 0.5) is 0 Å². The van der Waals surface area contributed by atoms with E-state index in [9.17, 15) is 0 Å². The Morgan fingerprint density at radius 1 is 1.47 bits per heavy atom. The molecule has 1 aromatic carbocycles. The third-order valence-corrected chi connectivity index (χ3v) is 4.55. The lowest BCUT2D eigenvalue weighted by molar-refractivity contribution is 0.330. The van der Waals surface area contributed by atoms with Crippen molar-refractivity contribution in [1.29, 1.82) is 0 Å². The van der Waals surface area contributed by atoms with Crippen LogP contribution in [0.25, 0.3) is 0 Å². The van der Waals surface area contributed by atoms with E-state index in [4.69, 9.17) is 16.3 Å². The van der Waals surface area contributed by atoms with Gasteiger partial charge in [0.25, 0.3) is 0 Å². The molecule has 0 unspecified atom stereocenters. The summed E-state index contributed by atoms with van der Waals surface area (Å²) in [5.74, 6) is 0.845. The van der Waals surface area contributed by atoms with Crippen molar-refractivity contribution >= 4 is 39.5 Å². The molecule has 1 fully saturated rings. The first-order chi connectivity index (χ1) is 7.25. The van der Waals surface area contributed by atoms with E-state index in [0.717, 1.165) is 25.8 Å². The molecule has 1 heterocycles. The lowest BCUT2D eigenvalue weighted by atomic mass is 10.2. The molecule has 1 aromatic rings. The molecule has 0 N–H and O–H groups in total. The van der Waals surface area contributed by atoms with Crippen LogP contribution in [0.2, 0.25) is 5.02 Å².